The van der Waals surface area contributed by atoms with Crippen LogP contribution in [-0.4, -0.2) is 32.1 Å². The van der Waals surface area contributed by atoms with Gasteiger partial charge in [-0.1, -0.05) is 12.5 Å². The van der Waals surface area contributed by atoms with Gasteiger partial charge in [0.05, 0.1) is 16.6 Å². The molecule has 0 saturated heterocycles. The fraction of sp³-hybridized carbons (Fsp3) is 0.467. The van der Waals surface area contributed by atoms with Gasteiger partial charge in [0.25, 0.3) is 0 Å². The number of aromatic nitrogens is 2. The number of hydrogen-bond donors (Lipinski definition) is 2. The number of fused-ring (bicyclic) bond motifs is 1. The van der Waals surface area contributed by atoms with Crippen LogP contribution in [0.1, 0.15) is 42.1 Å². The number of nitrogens with one attached hydrogen (secondary N) is 1. The Balaban J connectivity index is 2.15. The number of carbonyl (C=O) groups is 1. The monoisotopic (exact) mass is 306 g/mol. The largest absolute Gasteiger partial charge is 0.478 e. The number of carboxylic acids is 1. The average Bonchev–Trinajstić information content (AvgIpc) is 2.82. The lowest BCUT2D eigenvalue weighted by molar-refractivity contribution is 0.0698. The van der Waals surface area contributed by atoms with Crippen LogP contribution in [0.4, 0.5) is 0 Å². The molecule has 2 atom stereocenters. The van der Waals surface area contributed by atoms with E-state index in [9.17, 15) is 14.7 Å². The van der Waals surface area contributed by atoms with Gasteiger partial charge in [0, 0.05) is 11.3 Å². The maximum atomic E-state index is 12.3. The first kappa shape index (κ1) is 14.3. The molecular formula is C15H18N2O3S. The summed E-state index contributed by atoms with van der Waals surface area (Å²) in [5.41, 5.74) is 1.12. The average molecular weight is 306 g/mol. The SMILES string of the molecule is CSC1CCCC(n2c(=O)[nH]c3cccc(C(=O)O)c32)C1. The molecule has 21 heavy (non-hydrogen) atoms. The van der Waals surface area contributed by atoms with Crippen molar-refractivity contribution in [3.8, 4) is 0 Å². The van der Waals surface area contributed by atoms with Crippen molar-refractivity contribution in [1.29, 1.82) is 0 Å². The van der Waals surface area contributed by atoms with Crippen LogP contribution < -0.4 is 5.69 Å². The lowest BCUT2D eigenvalue weighted by Gasteiger charge is -2.29. The van der Waals surface area contributed by atoms with Gasteiger partial charge in [-0.05, 0) is 37.7 Å². The molecule has 6 heteroatoms. The van der Waals surface area contributed by atoms with Crippen LogP contribution in [0.15, 0.2) is 23.0 Å². The molecule has 1 aromatic heterocycles. The molecule has 0 aliphatic heterocycles. The summed E-state index contributed by atoms with van der Waals surface area (Å²) < 4.78 is 1.67. The Bertz CT molecular complexity index is 734. The zero-order valence-corrected chi connectivity index (χ0v) is 12.7. The van der Waals surface area contributed by atoms with Gasteiger partial charge < -0.3 is 10.1 Å². The molecule has 112 valence electrons. The molecule has 1 heterocycles. The molecule has 1 aromatic carbocycles. The van der Waals surface area contributed by atoms with Crippen LogP contribution >= 0.6 is 11.8 Å². The summed E-state index contributed by atoms with van der Waals surface area (Å²) in [5, 5.41) is 9.92. The van der Waals surface area contributed by atoms with E-state index < -0.39 is 5.97 Å². The standard InChI is InChI=1S/C15H18N2O3S/c1-21-10-5-2-4-9(8-10)17-13-11(14(18)19)6-3-7-12(13)16-15(17)20/h3,6-7,9-10H,2,4-5,8H2,1H3,(H,16,20)(H,18,19). The van der Waals surface area contributed by atoms with E-state index in [-0.39, 0.29) is 17.3 Å². The quantitative estimate of drug-likeness (QED) is 0.914. The van der Waals surface area contributed by atoms with Gasteiger partial charge in [-0.15, -0.1) is 0 Å². The van der Waals surface area contributed by atoms with E-state index >= 15 is 0 Å². The molecule has 0 bridgehead atoms. The van der Waals surface area contributed by atoms with Gasteiger partial charge in [-0.25, -0.2) is 9.59 Å². The normalized spacial score (nSPS) is 22.5. The second-order valence-corrected chi connectivity index (χ2v) is 6.62. The number of nitrogens with zero attached hydrogens (tertiary/aromatic N) is 1. The maximum absolute atomic E-state index is 12.3. The van der Waals surface area contributed by atoms with E-state index in [2.05, 4.69) is 11.2 Å². The lowest BCUT2D eigenvalue weighted by atomic mass is 9.94. The van der Waals surface area contributed by atoms with Gasteiger partial charge in [0.2, 0.25) is 0 Å². The number of H-pyrrole nitrogens is 1. The number of hydrogen-bond acceptors (Lipinski definition) is 3. The number of aromatic amines is 1. The third kappa shape index (κ3) is 2.48. The molecule has 0 spiro atoms. The molecular weight excluding hydrogens is 288 g/mol. The van der Waals surface area contributed by atoms with Crippen molar-refractivity contribution < 1.29 is 9.90 Å². The van der Waals surface area contributed by atoms with Gasteiger partial charge in [-0.2, -0.15) is 11.8 Å². The molecule has 1 fully saturated rings. The summed E-state index contributed by atoms with van der Waals surface area (Å²) >= 11 is 1.83. The Hall–Kier alpha value is -1.69. The Morgan fingerprint density at radius 3 is 2.95 bits per heavy atom. The fourth-order valence-corrected chi connectivity index (χ4v) is 4.09. The summed E-state index contributed by atoms with van der Waals surface area (Å²) in [6, 6.07) is 5.06. The highest BCUT2D eigenvalue weighted by atomic mass is 32.2. The molecule has 1 aliphatic carbocycles. The number of carboxylic acid groups (broad SMARTS) is 1. The summed E-state index contributed by atoms with van der Waals surface area (Å²) in [6.45, 7) is 0. The van der Waals surface area contributed by atoms with Gasteiger partial charge in [0.15, 0.2) is 0 Å². The van der Waals surface area contributed by atoms with Gasteiger partial charge in [0.1, 0.15) is 0 Å². The molecule has 2 unspecified atom stereocenters. The highest BCUT2D eigenvalue weighted by Crippen LogP contribution is 2.35. The van der Waals surface area contributed by atoms with E-state index in [0.717, 1.165) is 19.3 Å². The van der Waals surface area contributed by atoms with E-state index in [4.69, 9.17) is 0 Å². The minimum Gasteiger partial charge on any atom is -0.478 e. The van der Waals surface area contributed by atoms with E-state index in [1.54, 1.807) is 22.8 Å². The topological polar surface area (TPSA) is 75.1 Å². The van der Waals surface area contributed by atoms with Crippen molar-refractivity contribution in [1.82, 2.24) is 9.55 Å². The summed E-state index contributed by atoms with van der Waals surface area (Å²) in [5.74, 6) is -0.995. The molecule has 0 radical (unpaired) electrons. The Labute approximate surface area is 126 Å². The molecule has 2 aromatic rings. The zero-order valence-electron chi connectivity index (χ0n) is 11.8. The van der Waals surface area contributed by atoms with Crippen LogP contribution in [0.3, 0.4) is 0 Å². The van der Waals surface area contributed by atoms with Crippen molar-refractivity contribution in [2.24, 2.45) is 0 Å². The first-order valence-electron chi connectivity index (χ1n) is 7.11. The number of rotatable bonds is 3. The highest BCUT2D eigenvalue weighted by Gasteiger charge is 2.27. The second kappa shape index (κ2) is 5.60. The third-order valence-electron chi connectivity index (χ3n) is 4.26. The molecule has 1 aliphatic rings. The Morgan fingerprint density at radius 2 is 2.24 bits per heavy atom. The summed E-state index contributed by atoms with van der Waals surface area (Å²) in [6.07, 6.45) is 6.18. The zero-order chi connectivity index (χ0) is 15.0. The Morgan fingerprint density at radius 1 is 1.43 bits per heavy atom. The van der Waals surface area contributed by atoms with Crippen molar-refractivity contribution in [2.75, 3.05) is 6.26 Å². The van der Waals surface area contributed by atoms with Crippen LogP contribution in [0.5, 0.6) is 0 Å². The summed E-state index contributed by atoms with van der Waals surface area (Å²) in [7, 11) is 0. The first-order chi connectivity index (χ1) is 10.1. The molecule has 5 nitrogen and oxygen atoms in total. The second-order valence-electron chi connectivity index (χ2n) is 5.49. The minimum atomic E-state index is -0.995. The number of aromatic carboxylic acids is 1. The Kier molecular flexibility index (Phi) is 3.80. The molecule has 2 N–H and O–H groups in total. The predicted molar refractivity (Wildman–Crippen MR) is 84.3 cm³/mol. The number of thioether (sulfide) groups is 1. The molecule has 3 rings (SSSR count). The van der Waals surface area contributed by atoms with Crippen molar-refractivity contribution in [3.05, 3.63) is 34.2 Å². The highest BCUT2D eigenvalue weighted by molar-refractivity contribution is 7.99. The van der Waals surface area contributed by atoms with E-state index in [1.165, 1.54) is 6.42 Å². The van der Waals surface area contributed by atoms with Crippen LogP contribution in [-0.2, 0) is 0 Å². The third-order valence-corrected chi connectivity index (χ3v) is 5.36. The maximum Gasteiger partial charge on any atom is 0.337 e. The fourth-order valence-electron chi connectivity index (χ4n) is 3.27. The van der Waals surface area contributed by atoms with Crippen molar-refractivity contribution >= 4 is 28.8 Å². The van der Waals surface area contributed by atoms with E-state index in [0.29, 0.717) is 16.3 Å². The number of imidazole rings is 1. The minimum absolute atomic E-state index is 0.0814. The first-order valence-corrected chi connectivity index (χ1v) is 8.40. The van der Waals surface area contributed by atoms with Gasteiger partial charge >= 0.3 is 11.7 Å². The van der Waals surface area contributed by atoms with Crippen LogP contribution in [0.25, 0.3) is 11.0 Å². The number of para-hydroxylation sites is 1. The van der Waals surface area contributed by atoms with Crippen LogP contribution in [0.2, 0.25) is 0 Å². The molecule has 1 saturated carbocycles. The van der Waals surface area contributed by atoms with Crippen molar-refractivity contribution in [2.45, 2.75) is 37.0 Å². The molecule has 0 amide bonds. The lowest BCUT2D eigenvalue weighted by Crippen LogP contribution is -2.28. The smallest absolute Gasteiger partial charge is 0.337 e. The van der Waals surface area contributed by atoms with E-state index in [1.807, 2.05) is 11.8 Å². The van der Waals surface area contributed by atoms with Crippen molar-refractivity contribution in [3.63, 3.8) is 0 Å². The predicted octanol–water partition coefficient (Wildman–Crippen LogP) is 2.87. The van der Waals surface area contributed by atoms with Gasteiger partial charge in [-0.3, -0.25) is 4.57 Å². The number of benzene rings is 1. The summed E-state index contributed by atoms with van der Waals surface area (Å²) in [4.78, 5) is 26.6. The van der Waals surface area contributed by atoms with Crippen LogP contribution in [0, 0.1) is 0 Å².